The van der Waals surface area contributed by atoms with Gasteiger partial charge in [-0.25, -0.2) is 14.4 Å². The third-order valence-electron chi connectivity index (χ3n) is 3.61. The van der Waals surface area contributed by atoms with Gasteiger partial charge in [-0.3, -0.25) is 4.79 Å². The first-order valence-corrected chi connectivity index (χ1v) is 7.90. The Morgan fingerprint density at radius 3 is 2.88 bits per heavy atom. The zero-order valence-electron chi connectivity index (χ0n) is 12.8. The molecule has 0 saturated carbocycles. The summed E-state index contributed by atoms with van der Waals surface area (Å²) in [6.45, 7) is 2.87. The number of hydrogen-bond donors (Lipinski definition) is 1. The molecule has 1 amide bonds. The molecule has 0 unspecified atom stereocenters. The van der Waals surface area contributed by atoms with E-state index in [1.54, 1.807) is 12.3 Å². The lowest BCUT2D eigenvalue weighted by atomic mass is 10.2. The van der Waals surface area contributed by atoms with Crippen LogP contribution >= 0.6 is 11.6 Å². The van der Waals surface area contributed by atoms with Gasteiger partial charge in [0.25, 0.3) is 5.91 Å². The van der Waals surface area contributed by atoms with Crippen LogP contribution < -0.4 is 10.2 Å². The predicted molar refractivity (Wildman–Crippen MR) is 87.6 cm³/mol. The Balaban J connectivity index is 1.67. The predicted octanol–water partition coefficient (Wildman–Crippen LogP) is 2.04. The lowest BCUT2D eigenvalue weighted by molar-refractivity contribution is 0.0946. The number of ether oxygens (including phenoxy) is 1. The van der Waals surface area contributed by atoms with Gasteiger partial charge in [0.15, 0.2) is 0 Å². The van der Waals surface area contributed by atoms with E-state index < -0.39 is 11.7 Å². The fraction of sp³-hybridized carbons (Fsp3) is 0.312. The Morgan fingerprint density at radius 1 is 1.33 bits per heavy atom. The first-order valence-electron chi connectivity index (χ1n) is 7.52. The topological polar surface area (TPSA) is 67.4 Å². The van der Waals surface area contributed by atoms with Crippen LogP contribution in [-0.2, 0) is 11.3 Å². The van der Waals surface area contributed by atoms with Crippen molar-refractivity contribution in [3.8, 4) is 0 Å². The fourth-order valence-corrected chi connectivity index (χ4v) is 2.62. The summed E-state index contributed by atoms with van der Waals surface area (Å²) in [6, 6.07) is 5.82. The summed E-state index contributed by atoms with van der Waals surface area (Å²) in [6.07, 6.45) is 1.63. The Bertz CT molecular complexity index is 718. The van der Waals surface area contributed by atoms with Crippen molar-refractivity contribution in [2.45, 2.75) is 6.54 Å². The quantitative estimate of drug-likeness (QED) is 0.914. The molecule has 1 aromatic heterocycles. The zero-order valence-corrected chi connectivity index (χ0v) is 13.6. The summed E-state index contributed by atoms with van der Waals surface area (Å²) in [4.78, 5) is 22.8. The Hall–Kier alpha value is -2.25. The lowest BCUT2D eigenvalue weighted by Gasteiger charge is -2.26. The van der Waals surface area contributed by atoms with E-state index in [0.29, 0.717) is 24.9 Å². The van der Waals surface area contributed by atoms with Gasteiger partial charge in [0.05, 0.1) is 36.0 Å². The number of carbonyl (C=O) groups is 1. The molecule has 0 spiro atoms. The summed E-state index contributed by atoms with van der Waals surface area (Å²) < 4.78 is 19.0. The molecular formula is C16H16ClFN4O2. The second-order valence-corrected chi connectivity index (χ2v) is 5.63. The number of morpholine rings is 1. The van der Waals surface area contributed by atoms with E-state index in [1.165, 1.54) is 18.2 Å². The van der Waals surface area contributed by atoms with Gasteiger partial charge in [-0.05, 0) is 18.2 Å². The molecule has 1 saturated heterocycles. The molecule has 0 radical (unpaired) electrons. The maximum Gasteiger partial charge on any atom is 0.256 e. The van der Waals surface area contributed by atoms with Crippen LogP contribution in [0.1, 0.15) is 16.1 Å². The van der Waals surface area contributed by atoms with E-state index in [9.17, 15) is 9.18 Å². The highest BCUT2D eigenvalue weighted by atomic mass is 35.5. The van der Waals surface area contributed by atoms with Gasteiger partial charge in [-0.2, -0.15) is 0 Å². The number of benzene rings is 1. The molecular weight excluding hydrogens is 335 g/mol. The van der Waals surface area contributed by atoms with E-state index in [2.05, 4.69) is 15.3 Å². The first kappa shape index (κ1) is 16.6. The summed E-state index contributed by atoms with van der Waals surface area (Å²) in [7, 11) is 0. The number of amides is 1. The molecule has 8 heteroatoms. The minimum Gasteiger partial charge on any atom is -0.378 e. The van der Waals surface area contributed by atoms with E-state index in [-0.39, 0.29) is 17.1 Å². The summed E-state index contributed by atoms with van der Waals surface area (Å²) in [5.74, 6) is -0.643. The molecule has 1 aromatic carbocycles. The fourth-order valence-electron chi connectivity index (χ4n) is 2.37. The number of halogens is 2. The van der Waals surface area contributed by atoms with E-state index in [4.69, 9.17) is 16.3 Å². The summed E-state index contributed by atoms with van der Waals surface area (Å²) in [5.41, 5.74) is 0.467. The minimum atomic E-state index is -0.656. The number of aromatic nitrogens is 2. The van der Waals surface area contributed by atoms with Crippen LogP contribution in [0.25, 0.3) is 0 Å². The number of anilines is 1. The zero-order chi connectivity index (χ0) is 16.9. The van der Waals surface area contributed by atoms with Crippen molar-refractivity contribution in [2.24, 2.45) is 0 Å². The molecule has 0 bridgehead atoms. The number of rotatable bonds is 4. The molecule has 126 valence electrons. The minimum absolute atomic E-state index is 0.0733. The molecule has 0 aliphatic carbocycles. The number of hydrogen-bond acceptors (Lipinski definition) is 5. The number of carbonyl (C=O) groups excluding carboxylic acids is 1. The van der Waals surface area contributed by atoms with Crippen molar-refractivity contribution in [2.75, 3.05) is 31.2 Å². The van der Waals surface area contributed by atoms with Crippen LogP contribution in [0.5, 0.6) is 0 Å². The van der Waals surface area contributed by atoms with Crippen molar-refractivity contribution >= 4 is 23.5 Å². The van der Waals surface area contributed by atoms with Gasteiger partial charge in [-0.1, -0.05) is 17.7 Å². The number of nitrogens with zero attached hydrogens (tertiary/aromatic N) is 3. The van der Waals surface area contributed by atoms with E-state index in [0.717, 1.165) is 13.1 Å². The third kappa shape index (κ3) is 3.80. The van der Waals surface area contributed by atoms with Gasteiger partial charge in [0.1, 0.15) is 5.82 Å². The monoisotopic (exact) mass is 350 g/mol. The highest BCUT2D eigenvalue weighted by molar-refractivity contribution is 6.33. The van der Waals surface area contributed by atoms with Crippen LogP contribution in [-0.4, -0.2) is 42.2 Å². The average Bonchev–Trinajstić information content (AvgIpc) is 2.61. The summed E-state index contributed by atoms with van der Waals surface area (Å²) in [5, 5.41) is 2.70. The molecule has 3 rings (SSSR count). The van der Waals surface area contributed by atoms with Crippen LogP contribution in [0.15, 0.2) is 30.5 Å². The number of nitrogens with one attached hydrogen (secondary N) is 1. The highest BCUT2D eigenvalue weighted by Gasteiger charge is 2.17. The highest BCUT2D eigenvalue weighted by Crippen LogP contribution is 2.18. The molecule has 24 heavy (non-hydrogen) atoms. The van der Waals surface area contributed by atoms with Crippen LogP contribution in [0, 0.1) is 5.82 Å². The molecule has 1 aliphatic rings. The van der Waals surface area contributed by atoms with Crippen LogP contribution in [0.3, 0.4) is 0 Å². The standard InChI is InChI=1S/C16H16ClFN4O2/c17-12-2-1-3-13(18)14(12)15(23)20-10-11-4-5-19-16(21-11)22-6-8-24-9-7-22/h1-5H,6-10H2,(H,20,23). The largest absolute Gasteiger partial charge is 0.378 e. The molecule has 0 atom stereocenters. The Morgan fingerprint density at radius 2 is 2.12 bits per heavy atom. The molecule has 1 aliphatic heterocycles. The van der Waals surface area contributed by atoms with Crippen molar-refractivity contribution in [1.29, 1.82) is 0 Å². The molecule has 1 fully saturated rings. The second kappa shape index (κ2) is 7.55. The second-order valence-electron chi connectivity index (χ2n) is 5.23. The van der Waals surface area contributed by atoms with Gasteiger partial charge in [-0.15, -0.1) is 0 Å². The van der Waals surface area contributed by atoms with Crippen molar-refractivity contribution in [3.63, 3.8) is 0 Å². The molecule has 1 N–H and O–H groups in total. The van der Waals surface area contributed by atoms with E-state index in [1.807, 2.05) is 4.90 Å². The Labute approximate surface area is 143 Å². The Kier molecular flexibility index (Phi) is 5.22. The smallest absolute Gasteiger partial charge is 0.256 e. The molecule has 6 nitrogen and oxygen atoms in total. The first-order chi connectivity index (χ1) is 11.6. The van der Waals surface area contributed by atoms with Gasteiger partial charge >= 0.3 is 0 Å². The van der Waals surface area contributed by atoms with Gasteiger partial charge in [0.2, 0.25) is 5.95 Å². The summed E-state index contributed by atoms with van der Waals surface area (Å²) >= 11 is 5.89. The van der Waals surface area contributed by atoms with Crippen molar-refractivity contribution < 1.29 is 13.9 Å². The third-order valence-corrected chi connectivity index (χ3v) is 3.93. The van der Waals surface area contributed by atoms with Crippen LogP contribution in [0.2, 0.25) is 5.02 Å². The van der Waals surface area contributed by atoms with Crippen molar-refractivity contribution in [1.82, 2.24) is 15.3 Å². The van der Waals surface area contributed by atoms with Gasteiger partial charge in [0, 0.05) is 19.3 Å². The SMILES string of the molecule is O=C(NCc1ccnc(N2CCOCC2)n1)c1c(F)cccc1Cl. The molecule has 2 aromatic rings. The lowest BCUT2D eigenvalue weighted by Crippen LogP contribution is -2.37. The maximum atomic E-state index is 13.7. The van der Waals surface area contributed by atoms with Gasteiger partial charge < -0.3 is 15.0 Å². The van der Waals surface area contributed by atoms with E-state index >= 15 is 0 Å². The average molecular weight is 351 g/mol. The van der Waals surface area contributed by atoms with Crippen LogP contribution in [0.4, 0.5) is 10.3 Å². The normalized spacial score (nSPS) is 14.5. The molecule has 2 heterocycles. The maximum absolute atomic E-state index is 13.7. The van der Waals surface area contributed by atoms with Crippen molar-refractivity contribution in [3.05, 3.63) is 52.6 Å².